The highest BCUT2D eigenvalue weighted by atomic mass is 16.3. The van der Waals surface area contributed by atoms with Crippen molar-refractivity contribution in [3.05, 3.63) is 18.0 Å². The SMILES string of the molecule is CCCn1nccc1C1(O)C2CC3CC(C2)CC1C3. The summed E-state index contributed by atoms with van der Waals surface area (Å²) >= 11 is 0. The fraction of sp³-hybridized carbons (Fsp3) is 0.812. The van der Waals surface area contributed by atoms with Crippen LogP contribution in [0.5, 0.6) is 0 Å². The van der Waals surface area contributed by atoms with Gasteiger partial charge in [-0.05, 0) is 68.3 Å². The summed E-state index contributed by atoms with van der Waals surface area (Å²) in [5.74, 6) is 2.75. The number of nitrogens with zero attached hydrogens (tertiary/aromatic N) is 2. The van der Waals surface area contributed by atoms with Crippen LogP contribution in [-0.2, 0) is 12.1 Å². The van der Waals surface area contributed by atoms with Crippen molar-refractivity contribution in [2.45, 2.75) is 57.6 Å². The zero-order valence-corrected chi connectivity index (χ0v) is 11.8. The molecule has 0 atom stereocenters. The second-order valence-electron chi connectivity index (χ2n) is 7.07. The van der Waals surface area contributed by atoms with Gasteiger partial charge >= 0.3 is 0 Å². The Labute approximate surface area is 115 Å². The van der Waals surface area contributed by atoms with Gasteiger partial charge in [0, 0.05) is 12.7 Å². The van der Waals surface area contributed by atoms with Gasteiger partial charge in [-0.15, -0.1) is 0 Å². The molecular formula is C16H24N2O. The van der Waals surface area contributed by atoms with E-state index in [0.29, 0.717) is 11.8 Å². The lowest BCUT2D eigenvalue weighted by Gasteiger charge is -2.58. The molecule has 0 amide bonds. The fourth-order valence-corrected chi connectivity index (χ4v) is 5.38. The topological polar surface area (TPSA) is 38.0 Å². The van der Waals surface area contributed by atoms with E-state index in [1.807, 2.05) is 6.20 Å². The number of aromatic nitrogens is 2. The largest absolute Gasteiger partial charge is 0.383 e. The quantitative estimate of drug-likeness (QED) is 0.907. The van der Waals surface area contributed by atoms with Crippen molar-refractivity contribution in [1.82, 2.24) is 9.78 Å². The summed E-state index contributed by atoms with van der Waals surface area (Å²) in [6.45, 7) is 3.10. The van der Waals surface area contributed by atoms with Gasteiger partial charge in [-0.25, -0.2) is 0 Å². The van der Waals surface area contributed by atoms with Gasteiger partial charge in [0.25, 0.3) is 0 Å². The Morgan fingerprint density at radius 2 is 1.84 bits per heavy atom. The molecule has 0 spiro atoms. The van der Waals surface area contributed by atoms with Crippen LogP contribution in [0.3, 0.4) is 0 Å². The van der Waals surface area contributed by atoms with E-state index in [2.05, 4.69) is 22.8 Å². The molecule has 1 aromatic rings. The van der Waals surface area contributed by atoms with Gasteiger partial charge in [-0.1, -0.05) is 6.92 Å². The van der Waals surface area contributed by atoms with Crippen molar-refractivity contribution < 1.29 is 5.11 Å². The van der Waals surface area contributed by atoms with Crippen molar-refractivity contribution >= 4 is 0 Å². The van der Waals surface area contributed by atoms with Crippen molar-refractivity contribution in [3.63, 3.8) is 0 Å². The highest BCUT2D eigenvalue weighted by Crippen LogP contribution is 2.61. The van der Waals surface area contributed by atoms with Crippen molar-refractivity contribution in [2.75, 3.05) is 0 Å². The Morgan fingerprint density at radius 3 is 2.42 bits per heavy atom. The van der Waals surface area contributed by atoms with E-state index in [1.165, 1.54) is 32.1 Å². The first-order chi connectivity index (χ1) is 9.21. The Bertz CT molecular complexity index is 451. The molecule has 4 aliphatic carbocycles. The molecule has 0 saturated heterocycles. The van der Waals surface area contributed by atoms with Gasteiger partial charge < -0.3 is 5.11 Å². The van der Waals surface area contributed by atoms with Gasteiger partial charge in [0.1, 0.15) is 5.60 Å². The van der Waals surface area contributed by atoms with E-state index in [1.54, 1.807) is 0 Å². The normalized spacial score (nSPS) is 43.9. The zero-order valence-electron chi connectivity index (χ0n) is 11.8. The first kappa shape index (κ1) is 12.0. The molecule has 0 radical (unpaired) electrons. The maximum absolute atomic E-state index is 11.5. The summed E-state index contributed by atoms with van der Waals surface area (Å²) in [4.78, 5) is 0. The van der Waals surface area contributed by atoms with Crippen LogP contribution < -0.4 is 0 Å². The second-order valence-corrected chi connectivity index (χ2v) is 7.07. The fourth-order valence-electron chi connectivity index (χ4n) is 5.38. The molecule has 4 fully saturated rings. The molecule has 4 saturated carbocycles. The van der Waals surface area contributed by atoms with Crippen molar-refractivity contribution in [3.8, 4) is 0 Å². The van der Waals surface area contributed by atoms with Gasteiger partial charge in [0.05, 0.1) is 5.69 Å². The summed E-state index contributed by atoms with van der Waals surface area (Å²) in [5, 5.41) is 15.9. The predicted octanol–water partition coefficient (Wildman–Crippen LogP) is 2.94. The third-order valence-corrected chi connectivity index (χ3v) is 5.95. The maximum atomic E-state index is 11.5. The number of rotatable bonds is 3. The van der Waals surface area contributed by atoms with E-state index in [0.717, 1.165) is 30.5 Å². The lowest BCUT2D eigenvalue weighted by molar-refractivity contribution is -0.183. The molecule has 4 bridgehead atoms. The third-order valence-electron chi connectivity index (χ3n) is 5.95. The highest BCUT2D eigenvalue weighted by molar-refractivity contribution is 5.21. The van der Waals surface area contributed by atoms with Gasteiger partial charge in [0.15, 0.2) is 0 Å². The average Bonchev–Trinajstić information content (AvgIpc) is 2.84. The third kappa shape index (κ3) is 1.57. The first-order valence-electron chi connectivity index (χ1n) is 7.96. The molecule has 4 aliphatic rings. The summed E-state index contributed by atoms with van der Waals surface area (Å²) in [7, 11) is 0. The van der Waals surface area contributed by atoms with Crippen LogP contribution in [-0.4, -0.2) is 14.9 Å². The molecule has 19 heavy (non-hydrogen) atoms. The molecule has 104 valence electrons. The molecule has 0 aliphatic heterocycles. The lowest BCUT2D eigenvalue weighted by atomic mass is 9.49. The van der Waals surface area contributed by atoms with Crippen LogP contribution in [0.4, 0.5) is 0 Å². The second kappa shape index (κ2) is 4.08. The summed E-state index contributed by atoms with van der Waals surface area (Å²) in [6.07, 6.45) is 9.32. The van der Waals surface area contributed by atoms with Crippen LogP contribution >= 0.6 is 0 Å². The molecule has 0 aromatic carbocycles. The highest BCUT2D eigenvalue weighted by Gasteiger charge is 2.58. The molecule has 1 N–H and O–H groups in total. The van der Waals surface area contributed by atoms with Crippen LogP contribution in [0.2, 0.25) is 0 Å². The minimum absolute atomic E-state index is 0.482. The first-order valence-corrected chi connectivity index (χ1v) is 7.96. The van der Waals surface area contributed by atoms with E-state index < -0.39 is 5.60 Å². The molecule has 5 rings (SSSR count). The minimum atomic E-state index is -0.584. The van der Waals surface area contributed by atoms with Crippen LogP contribution in [0.25, 0.3) is 0 Å². The Kier molecular flexibility index (Phi) is 2.57. The lowest BCUT2D eigenvalue weighted by Crippen LogP contribution is -2.56. The molecule has 1 aromatic heterocycles. The predicted molar refractivity (Wildman–Crippen MR) is 73.5 cm³/mol. The molecule has 3 nitrogen and oxygen atoms in total. The smallest absolute Gasteiger partial charge is 0.112 e. The number of hydrogen-bond acceptors (Lipinski definition) is 2. The standard InChI is InChI=1S/C16H24N2O/c1-2-5-18-15(3-4-17-18)16(19)13-7-11-6-12(9-13)10-14(16)8-11/h3-4,11-14,19H,2,5-10H2,1H3. The Morgan fingerprint density at radius 1 is 1.21 bits per heavy atom. The zero-order chi connectivity index (χ0) is 13.0. The number of hydrogen-bond donors (Lipinski definition) is 1. The van der Waals surface area contributed by atoms with E-state index in [9.17, 15) is 5.11 Å². The molecule has 3 heteroatoms. The Balaban J connectivity index is 1.74. The van der Waals surface area contributed by atoms with Crippen molar-refractivity contribution in [1.29, 1.82) is 0 Å². The molecule has 1 heterocycles. The van der Waals surface area contributed by atoms with Gasteiger partial charge in [-0.2, -0.15) is 5.10 Å². The average molecular weight is 260 g/mol. The van der Waals surface area contributed by atoms with Crippen molar-refractivity contribution in [2.24, 2.45) is 23.7 Å². The summed E-state index contributed by atoms with van der Waals surface area (Å²) < 4.78 is 2.06. The molecular weight excluding hydrogens is 236 g/mol. The van der Waals surface area contributed by atoms with E-state index in [4.69, 9.17) is 0 Å². The van der Waals surface area contributed by atoms with Gasteiger partial charge in [0.2, 0.25) is 0 Å². The summed E-state index contributed by atoms with van der Waals surface area (Å²) in [5.41, 5.74) is 0.516. The Hall–Kier alpha value is -0.830. The van der Waals surface area contributed by atoms with Gasteiger partial charge in [-0.3, -0.25) is 4.68 Å². The number of aliphatic hydroxyl groups is 1. The van der Waals surface area contributed by atoms with Crippen LogP contribution in [0, 0.1) is 23.7 Å². The summed E-state index contributed by atoms with van der Waals surface area (Å²) in [6, 6.07) is 2.07. The van der Waals surface area contributed by atoms with Crippen LogP contribution in [0.1, 0.15) is 51.1 Å². The maximum Gasteiger partial charge on any atom is 0.112 e. The minimum Gasteiger partial charge on any atom is -0.383 e. The number of aryl methyl sites for hydroxylation is 1. The van der Waals surface area contributed by atoms with E-state index >= 15 is 0 Å². The van der Waals surface area contributed by atoms with E-state index in [-0.39, 0.29) is 0 Å². The monoisotopic (exact) mass is 260 g/mol. The molecule has 0 unspecified atom stereocenters. The van der Waals surface area contributed by atoms with Crippen LogP contribution in [0.15, 0.2) is 12.3 Å².